The van der Waals surface area contributed by atoms with E-state index in [1.165, 1.54) is 12.1 Å². The molecule has 120 valence electrons. The van der Waals surface area contributed by atoms with E-state index in [1.54, 1.807) is 26.0 Å². The molecule has 8 heteroatoms. The van der Waals surface area contributed by atoms with Crippen LogP contribution in [0.25, 0.3) is 10.8 Å². The molecule has 0 aliphatic carbocycles. The molecule has 2 rings (SSSR count). The molecule has 0 aliphatic rings. The zero-order valence-electron chi connectivity index (χ0n) is 12.6. The monoisotopic (exact) mass is 344 g/mol. The Kier molecular flexibility index (Phi) is 4.31. The molecule has 0 aromatic heterocycles. The number of benzene rings is 2. The molecule has 6 nitrogen and oxygen atoms in total. The van der Waals surface area contributed by atoms with Gasteiger partial charge in [-0.05, 0) is 37.1 Å². The van der Waals surface area contributed by atoms with Crippen molar-refractivity contribution in [2.24, 2.45) is 0 Å². The third-order valence-corrected chi connectivity index (χ3v) is 6.36. The maximum absolute atomic E-state index is 12.2. The number of aryl methyl sites for hydroxylation is 1. The van der Waals surface area contributed by atoms with Crippen LogP contribution in [0.5, 0.6) is 0 Å². The molecule has 0 spiro atoms. The minimum Gasteiger partial charge on any atom is -0.270 e. The summed E-state index contributed by atoms with van der Waals surface area (Å²) in [5.74, 6) is 0. The van der Waals surface area contributed by atoms with Crippen molar-refractivity contribution in [3.8, 4) is 0 Å². The molecule has 0 fully saturated rings. The van der Waals surface area contributed by atoms with Gasteiger partial charge >= 0.3 is 0 Å². The number of fused-ring (bicyclic) bond motifs is 1. The van der Waals surface area contributed by atoms with Crippen LogP contribution in [0.3, 0.4) is 0 Å². The third-order valence-electron chi connectivity index (χ3n) is 3.56. The van der Waals surface area contributed by atoms with E-state index in [1.807, 2.05) is 0 Å². The molecule has 0 heterocycles. The molecule has 0 amide bonds. The minimum absolute atomic E-state index is 0.0295. The van der Waals surface area contributed by atoms with Crippen LogP contribution in [0.4, 0.5) is 0 Å². The standard InChI is InChI=1S/C14H16O6S2/c1-9-8-12-11(14(10(9)2)22(17,18)20-4)6-5-7-13(12)21(15,16)19-3/h5-8H,1-4H3. The van der Waals surface area contributed by atoms with Crippen molar-refractivity contribution in [1.29, 1.82) is 0 Å². The molecule has 0 saturated carbocycles. The lowest BCUT2D eigenvalue weighted by Gasteiger charge is -2.14. The van der Waals surface area contributed by atoms with E-state index < -0.39 is 20.2 Å². The van der Waals surface area contributed by atoms with Crippen molar-refractivity contribution in [1.82, 2.24) is 0 Å². The minimum atomic E-state index is -3.98. The Morgan fingerprint density at radius 3 is 2.00 bits per heavy atom. The van der Waals surface area contributed by atoms with Crippen LogP contribution in [0, 0.1) is 13.8 Å². The maximum Gasteiger partial charge on any atom is 0.297 e. The first-order valence-corrected chi connectivity index (χ1v) is 9.11. The zero-order chi connectivity index (χ0) is 16.7. The fourth-order valence-corrected chi connectivity index (χ4v) is 4.32. The summed E-state index contributed by atoms with van der Waals surface area (Å²) in [7, 11) is -5.82. The van der Waals surface area contributed by atoms with Gasteiger partial charge in [0.05, 0.1) is 14.2 Å². The van der Waals surface area contributed by atoms with Crippen molar-refractivity contribution in [3.05, 3.63) is 35.4 Å². The van der Waals surface area contributed by atoms with Gasteiger partial charge in [0.15, 0.2) is 0 Å². The number of hydrogen-bond acceptors (Lipinski definition) is 6. The van der Waals surface area contributed by atoms with E-state index >= 15 is 0 Å². The Hall–Kier alpha value is -1.48. The van der Waals surface area contributed by atoms with Gasteiger partial charge in [-0.25, -0.2) is 0 Å². The molecular weight excluding hydrogens is 328 g/mol. The summed E-state index contributed by atoms with van der Waals surface area (Å²) in [4.78, 5) is -0.110. The molecule has 0 unspecified atom stereocenters. The highest BCUT2D eigenvalue weighted by atomic mass is 32.2. The lowest BCUT2D eigenvalue weighted by molar-refractivity contribution is 0.396. The summed E-state index contributed by atoms with van der Waals surface area (Å²) in [6.07, 6.45) is 0. The first-order valence-electron chi connectivity index (χ1n) is 6.30. The van der Waals surface area contributed by atoms with Crippen molar-refractivity contribution in [2.45, 2.75) is 23.6 Å². The van der Waals surface area contributed by atoms with Crippen LogP contribution in [-0.4, -0.2) is 31.1 Å². The van der Waals surface area contributed by atoms with Gasteiger partial charge in [0.2, 0.25) is 0 Å². The number of hydrogen-bond donors (Lipinski definition) is 0. The van der Waals surface area contributed by atoms with Crippen molar-refractivity contribution >= 4 is 31.0 Å². The quantitative estimate of drug-likeness (QED) is 0.790. The first-order chi connectivity index (χ1) is 10.2. The zero-order valence-corrected chi connectivity index (χ0v) is 14.2. The van der Waals surface area contributed by atoms with Crippen LogP contribution >= 0.6 is 0 Å². The normalized spacial score (nSPS) is 12.7. The average Bonchev–Trinajstić information content (AvgIpc) is 2.47. The van der Waals surface area contributed by atoms with Gasteiger partial charge in [0, 0.05) is 10.8 Å². The van der Waals surface area contributed by atoms with Crippen LogP contribution in [-0.2, 0) is 28.6 Å². The van der Waals surface area contributed by atoms with E-state index in [-0.39, 0.29) is 20.6 Å². The molecule has 0 radical (unpaired) electrons. The summed E-state index contributed by atoms with van der Waals surface area (Å²) in [5.41, 5.74) is 1.16. The summed E-state index contributed by atoms with van der Waals surface area (Å²) < 4.78 is 57.7. The smallest absolute Gasteiger partial charge is 0.270 e. The molecule has 0 bridgehead atoms. The van der Waals surface area contributed by atoms with E-state index in [0.717, 1.165) is 14.2 Å². The first kappa shape index (κ1) is 16.9. The summed E-state index contributed by atoms with van der Waals surface area (Å²) >= 11 is 0. The second-order valence-electron chi connectivity index (χ2n) is 4.74. The molecule has 2 aromatic carbocycles. The summed E-state index contributed by atoms with van der Waals surface area (Å²) in [6, 6.07) is 6.02. The molecule has 0 atom stereocenters. The predicted molar refractivity (Wildman–Crippen MR) is 81.8 cm³/mol. The Morgan fingerprint density at radius 1 is 0.864 bits per heavy atom. The van der Waals surface area contributed by atoms with Crippen molar-refractivity contribution in [3.63, 3.8) is 0 Å². The van der Waals surface area contributed by atoms with Crippen molar-refractivity contribution < 1.29 is 25.2 Å². The van der Waals surface area contributed by atoms with Crippen LogP contribution in [0.2, 0.25) is 0 Å². The average molecular weight is 344 g/mol. The predicted octanol–water partition coefficient (Wildman–Crippen LogP) is 2.13. The van der Waals surface area contributed by atoms with E-state index in [4.69, 9.17) is 0 Å². The Bertz CT molecular complexity index is 943. The Balaban J connectivity index is 3.08. The largest absolute Gasteiger partial charge is 0.297 e. The molecule has 22 heavy (non-hydrogen) atoms. The van der Waals surface area contributed by atoms with E-state index in [9.17, 15) is 16.8 Å². The van der Waals surface area contributed by atoms with Gasteiger partial charge in [-0.3, -0.25) is 8.37 Å². The lowest BCUT2D eigenvalue weighted by atomic mass is 10.0. The van der Waals surface area contributed by atoms with Crippen LogP contribution in [0.15, 0.2) is 34.1 Å². The molecule has 0 N–H and O–H groups in total. The van der Waals surface area contributed by atoms with Crippen LogP contribution in [0.1, 0.15) is 11.1 Å². The van der Waals surface area contributed by atoms with Gasteiger partial charge in [-0.2, -0.15) is 16.8 Å². The fourth-order valence-electron chi connectivity index (χ4n) is 2.31. The highest BCUT2D eigenvalue weighted by Crippen LogP contribution is 2.34. The highest BCUT2D eigenvalue weighted by Gasteiger charge is 2.25. The third kappa shape index (κ3) is 2.63. The van der Waals surface area contributed by atoms with Gasteiger partial charge in [-0.1, -0.05) is 12.1 Å². The Morgan fingerprint density at radius 2 is 1.45 bits per heavy atom. The SMILES string of the molecule is COS(=O)(=O)c1cccc2c(S(=O)(=O)OC)c(C)c(C)cc12. The van der Waals surface area contributed by atoms with Crippen LogP contribution < -0.4 is 0 Å². The molecule has 0 saturated heterocycles. The van der Waals surface area contributed by atoms with Gasteiger partial charge < -0.3 is 0 Å². The summed E-state index contributed by atoms with van der Waals surface area (Å²) in [5, 5.41) is 0.561. The molecular formula is C14H16O6S2. The van der Waals surface area contributed by atoms with Crippen molar-refractivity contribution in [2.75, 3.05) is 14.2 Å². The molecule has 0 aliphatic heterocycles. The maximum atomic E-state index is 12.2. The van der Waals surface area contributed by atoms with Gasteiger partial charge in [-0.15, -0.1) is 0 Å². The highest BCUT2D eigenvalue weighted by molar-refractivity contribution is 7.87. The van der Waals surface area contributed by atoms with Gasteiger partial charge in [0.25, 0.3) is 20.2 Å². The lowest BCUT2D eigenvalue weighted by Crippen LogP contribution is -2.09. The second kappa shape index (κ2) is 5.62. The van der Waals surface area contributed by atoms with E-state index in [0.29, 0.717) is 11.1 Å². The topological polar surface area (TPSA) is 86.7 Å². The van der Waals surface area contributed by atoms with Gasteiger partial charge in [0.1, 0.15) is 9.79 Å². The van der Waals surface area contributed by atoms with E-state index in [2.05, 4.69) is 8.37 Å². The summed E-state index contributed by atoms with van der Waals surface area (Å²) in [6.45, 7) is 3.36. The fraction of sp³-hybridized carbons (Fsp3) is 0.286. The number of rotatable bonds is 4. The second-order valence-corrected chi connectivity index (χ2v) is 8.07. The molecule has 2 aromatic rings. The Labute approximate surface area is 129 Å².